The molecule has 9 nitrogen and oxygen atoms in total. The molecule has 0 bridgehead atoms. The maximum Gasteiger partial charge on any atom is 0.243 e. The molecule has 1 aromatic carbocycles. The molecule has 0 saturated carbocycles. The van der Waals surface area contributed by atoms with Crippen LogP contribution in [-0.4, -0.2) is 82.7 Å². The molecule has 0 N–H and O–H groups in total. The summed E-state index contributed by atoms with van der Waals surface area (Å²) in [5.41, 5.74) is 0. The first-order valence-electron chi connectivity index (χ1n) is 10.1. The molecular weight excluding hydrogens is 450 g/mol. The number of piperazine rings is 1. The number of hydrogen-bond acceptors (Lipinski definition) is 6. The van der Waals surface area contributed by atoms with Gasteiger partial charge in [-0.25, -0.2) is 25.3 Å². The lowest BCUT2D eigenvalue weighted by Gasteiger charge is -2.33. The van der Waals surface area contributed by atoms with Gasteiger partial charge in [-0.15, -0.1) is 0 Å². The highest BCUT2D eigenvalue weighted by atomic mass is 32.2. The van der Waals surface area contributed by atoms with Gasteiger partial charge in [0.2, 0.25) is 30.1 Å². The van der Waals surface area contributed by atoms with Gasteiger partial charge in [-0.3, -0.25) is 0 Å². The van der Waals surface area contributed by atoms with Crippen molar-refractivity contribution in [3.05, 3.63) is 24.3 Å². The molecule has 0 aromatic heterocycles. The topological polar surface area (TPSA) is 112 Å². The summed E-state index contributed by atoms with van der Waals surface area (Å²) in [6.07, 6.45) is 2.62. The molecule has 170 valence electrons. The summed E-state index contributed by atoms with van der Waals surface area (Å²) >= 11 is 0. The Kier molecular flexibility index (Phi) is 6.95. The molecule has 2 fully saturated rings. The fourth-order valence-corrected chi connectivity index (χ4v) is 8.07. The molecule has 0 radical (unpaired) electrons. The van der Waals surface area contributed by atoms with Crippen molar-refractivity contribution in [1.29, 1.82) is 0 Å². The first kappa shape index (κ1) is 23.6. The van der Waals surface area contributed by atoms with E-state index < -0.39 is 30.1 Å². The van der Waals surface area contributed by atoms with Crippen molar-refractivity contribution >= 4 is 30.1 Å². The highest BCUT2D eigenvalue weighted by molar-refractivity contribution is 7.90. The van der Waals surface area contributed by atoms with Crippen LogP contribution in [0, 0.1) is 0 Å². The van der Waals surface area contributed by atoms with E-state index in [1.165, 1.54) is 37.2 Å². The maximum atomic E-state index is 12.9. The fourth-order valence-electron chi connectivity index (χ4n) is 3.87. The molecule has 2 heterocycles. The van der Waals surface area contributed by atoms with Crippen LogP contribution in [0.1, 0.15) is 33.1 Å². The lowest BCUT2D eigenvalue weighted by Crippen LogP contribution is -2.50. The minimum atomic E-state index is -3.83. The second-order valence-electron chi connectivity index (χ2n) is 7.64. The third-order valence-electron chi connectivity index (χ3n) is 5.77. The average Bonchev–Trinajstić information content (AvgIpc) is 2.74. The maximum absolute atomic E-state index is 12.9. The van der Waals surface area contributed by atoms with E-state index in [4.69, 9.17) is 0 Å². The normalized spacial score (nSPS) is 23.5. The van der Waals surface area contributed by atoms with E-state index in [0.717, 1.165) is 19.3 Å². The van der Waals surface area contributed by atoms with E-state index in [2.05, 4.69) is 0 Å². The van der Waals surface area contributed by atoms with Gasteiger partial charge in [0.1, 0.15) is 0 Å². The first-order valence-corrected chi connectivity index (χ1v) is 14.6. The molecule has 0 aliphatic carbocycles. The number of rotatable bonds is 6. The molecule has 1 aromatic rings. The Morgan fingerprint density at radius 2 is 1.27 bits per heavy atom. The molecular formula is C18H29N3O6S3. The SMILES string of the molecule is CCS(=O)(=O)N1CCN(S(=O)(=O)c2ccc(S(=O)(=O)N3CCCC[C@H]3C)cc2)CC1. The highest BCUT2D eigenvalue weighted by Crippen LogP contribution is 2.27. The van der Waals surface area contributed by atoms with Gasteiger partial charge in [0, 0.05) is 38.8 Å². The third kappa shape index (κ3) is 4.58. The van der Waals surface area contributed by atoms with Crippen LogP contribution in [0.5, 0.6) is 0 Å². The lowest BCUT2D eigenvalue weighted by atomic mass is 10.1. The summed E-state index contributed by atoms with van der Waals surface area (Å²) in [6.45, 7) is 4.24. The van der Waals surface area contributed by atoms with Crippen molar-refractivity contribution < 1.29 is 25.3 Å². The fraction of sp³-hybridized carbons (Fsp3) is 0.667. The van der Waals surface area contributed by atoms with E-state index in [0.29, 0.717) is 6.54 Å². The van der Waals surface area contributed by atoms with Gasteiger partial charge in [0.05, 0.1) is 15.5 Å². The Labute approximate surface area is 179 Å². The van der Waals surface area contributed by atoms with E-state index in [-0.39, 0.29) is 47.8 Å². The first-order chi connectivity index (χ1) is 14.0. The summed E-state index contributed by atoms with van der Waals surface area (Å²) in [5.74, 6) is -0.0225. The van der Waals surface area contributed by atoms with Crippen LogP contribution in [0.3, 0.4) is 0 Å². The smallest absolute Gasteiger partial charge is 0.212 e. The number of piperidine rings is 1. The van der Waals surface area contributed by atoms with Crippen LogP contribution in [0.15, 0.2) is 34.1 Å². The van der Waals surface area contributed by atoms with Gasteiger partial charge >= 0.3 is 0 Å². The summed E-state index contributed by atoms with van der Waals surface area (Å²) < 4.78 is 79.6. The zero-order chi connectivity index (χ0) is 22.2. The second kappa shape index (κ2) is 8.83. The monoisotopic (exact) mass is 479 g/mol. The molecule has 2 aliphatic rings. The van der Waals surface area contributed by atoms with Gasteiger partial charge in [-0.05, 0) is 51.0 Å². The van der Waals surface area contributed by atoms with Crippen molar-refractivity contribution in [3.8, 4) is 0 Å². The predicted molar refractivity (Wildman–Crippen MR) is 113 cm³/mol. The lowest BCUT2D eigenvalue weighted by molar-refractivity contribution is 0.268. The van der Waals surface area contributed by atoms with Gasteiger partial charge in [-0.1, -0.05) is 6.42 Å². The van der Waals surface area contributed by atoms with Gasteiger partial charge in [-0.2, -0.15) is 12.9 Å². The van der Waals surface area contributed by atoms with E-state index in [9.17, 15) is 25.3 Å². The van der Waals surface area contributed by atoms with Crippen LogP contribution in [0.4, 0.5) is 0 Å². The molecule has 12 heteroatoms. The molecule has 0 amide bonds. The van der Waals surface area contributed by atoms with Crippen LogP contribution in [0.25, 0.3) is 0 Å². The van der Waals surface area contributed by atoms with Crippen molar-refractivity contribution in [2.24, 2.45) is 0 Å². The van der Waals surface area contributed by atoms with Crippen LogP contribution < -0.4 is 0 Å². The number of nitrogens with zero attached hydrogens (tertiary/aromatic N) is 3. The zero-order valence-corrected chi connectivity index (χ0v) is 19.7. The molecule has 3 rings (SSSR count). The van der Waals surface area contributed by atoms with Crippen molar-refractivity contribution in [3.63, 3.8) is 0 Å². The second-order valence-corrected chi connectivity index (χ2v) is 13.7. The summed E-state index contributed by atoms with van der Waals surface area (Å²) in [7, 11) is -10.9. The predicted octanol–water partition coefficient (Wildman–Crippen LogP) is 0.906. The van der Waals surface area contributed by atoms with Crippen molar-refractivity contribution in [1.82, 2.24) is 12.9 Å². The number of benzene rings is 1. The molecule has 2 saturated heterocycles. The summed E-state index contributed by atoms with van der Waals surface area (Å²) in [6, 6.07) is 5.21. The average molecular weight is 480 g/mol. The van der Waals surface area contributed by atoms with Crippen LogP contribution >= 0.6 is 0 Å². The van der Waals surface area contributed by atoms with Crippen molar-refractivity contribution in [2.45, 2.75) is 48.9 Å². The Hall–Kier alpha value is -1.05. The molecule has 2 aliphatic heterocycles. The molecule has 30 heavy (non-hydrogen) atoms. The quantitative estimate of drug-likeness (QED) is 0.599. The van der Waals surface area contributed by atoms with Gasteiger partial charge < -0.3 is 0 Å². The Bertz CT molecular complexity index is 1060. The Morgan fingerprint density at radius 1 is 0.767 bits per heavy atom. The minimum Gasteiger partial charge on any atom is -0.212 e. The van der Waals surface area contributed by atoms with Gasteiger partial charge in [0.15, 0.2) is 0 Å². The largest absolute Gasteiger partial charge is 0.243 e. The highest BCUT2D eigenvalue weighted by Gasteiger charge is 2.34. The van der Waals surface area contributed by atoms with E-state index >= 15 is 0 Å². The van der Waals surface area contributed by atoms with Crippen molar-refractivity contribution in [2.75, 3.05) is 38.5 Å². The van der Waals surface area contributed by atoms with E-state index in [1.54, 1.807) is 6.92 Å². The minimum absolute atomic E-state index is 0.0000544. The van der Waals surface area contributed by atoms with E-state index in [1.807, 2.05) is 6.92 Å². The Morgan fingerprint density at radius 3 is 1.77 bits per heavy atom. The van der Waals surface area contributed by atoms with Crippen LogP contribution in [-0.2, 0) is 30.1 Å². The molecule has 0 spiro atoms. The summed E-state index contributed by atoms with van der Waals surface area (Å²) in [4.78, 5) is 0.0778. The third-order valence-corrected chi connectivity index (χ3v) is 11.6. The summed E-state index contributed by atoms with van der Waals surface area (Å²) in [5, 5.41) is 0. The number of sulfonamides is 3. The molecule has 0 unspecified atom stereocenters. The zero-order valence-electron chi connectivity index (χ0n) is 17.3. The standard InChI is InChI=1S/C18H29N3O6S3/c1-3-28(22,23)19-12-14-20(15-13-19)29(24,25)17-7-9-18(10-8-17)30(26,27)21-11-5-4-6-16(21)2/h7-10,16H,3-6,11-15H2,1-2H3/t16-/m1/s1. The molecule has 1 atom stereocenters. The van der Waals surface area contributed by atoms with Gasteiger partial charge in [0.25, 0.3) is 0 Å². The van der Waals surface area contributed by atoms with Crippen LogP contribution in [0.2, 0.25) is 0 Å². The Balaban J connectivity index is 1.76. The number of hydrogen-bond donors (Lipinski definition) is 0.